The fourth-order valence-corrected chi connectivity index (χ4v) is 6.70. The van der Waals surface area contributed by atoms with Gasteiger partial charge in [0, 0.05) is 0 Å². The molecule has 0 saturated carbocycles. The predicted octanol–water partition coefficient (Wildman–Crippen LogP) is 1.91. The minimum atomic E-state index is -4.02. The first kappa shape index (κ1) is 20.7. The van der Waals surface area contributed by atoms with Gasteiger partial charge in [-0.3, -0.25) is 0 Å². The number of hydrogen-bond acceptors (Lipinski definition) is 0. The largest absolute Gasteiger partial charge is 0.412 e. The minimum Gasteiger partial charge on any atom is -0.412 e. The molecule has 0 aliphatic rings. The number of halogens is 10. The zero-order valence-corrected chi connectivity index (χ0v) is 15.3. The van der Waals surface area contributed by atoms with E-state index >= 15 is 0 Å². The van der Waals surface area contributed by atoms with E-state index in [1.54, 1.807) is 0 Å². The molecule has 0 unspecified atom stereocenters. The van der Waals surface area contributed by atoms with Crippen LogP contribution in [0, 0.1) is 58.2 Å². The monoisotopic (exact) mass is 557 g/mol. The van der Waals surface area contributed by atoms with E-state index in [4.69, 9.17) is 0 Å². The molecule has 0 aliphatic heterocycles. The van der Waals surface area contributed by atoms with Gasteiger partial charge in [-0.1, -0.05) is 0 Å². The van der Waals surface area contributed by atoms with Crippen molar-refractivity contribution in [3.05, 3.63) is 58.2 Å². The van der Waals surface area contributed by atoms with E-state index in [0.29, 0.717) is 0 Å². The molecule has 0 aromatic heterocycles. The maximum Gasteiger partial charge on any atom is -0.412 e. The molecule has 0 amide bonds. The van der Waals surface area contributed by atoms with Crippen molar-refractivity contribution in [2.24, 2.45) is 0 Å². The predicted molar refractivity (Wildman–Crippen MR) is 61.1 cm³/mol. The van der Waals surface area contributed by atoms with Gasteiger partial charge in [-0.15, -0.1) is 0 Å². The van der Waals surface area contributed by atoms with Crippen LogP contribution in [0.4, 0.5) is 43.9 Å². The van der Waals surface area contributed by atoms with Crippen LogP contribution in [-0.2, 0) is 0 Å². The third kappa shape index (κ3) is 3.10. The van der Waals surface area contributed by atoms with Crippen LogP contribution in [0.15, 0.2) is 0 Å². The second-order valence-electron chi connectivity index (χ2n) is 4.11. The number of rotatable bonds is 2. The Bertz CT molecular complexity index is 697. The average Bonchev–Trinajstić information content (AvgIpc) is 2.54. The van der Waals surface area contributed by atoms with E-state index in [2.05, 4.69) is 0 Å². The molecule has 2 aromatic rings. The summed E-state index contributed by atoms with van der Waals surface area (Å²) < 4.78 is 129. The molecule has 0 saturated heterocycles. The second-order valence-corrected chi connectivity index (χ2v) is 9.72. The summed E-state index contributed by atoms with van der Waals surface area (Å²) >= 11 is -4.02. The van der Waals surface area contributed by atoms with Crippen LogP contribution in [0.5, 0.6) is 0 Å². The van der Waals surface area contributed by atoms with Gasteiger partial charge in [-0.05, 0) is 0 Å². The standard InChI is InChI=1S/2C6F5.H2O.Tl/c2*7-2-1-3(8)5(10)6(11)4(2)9;;/h;;1H2;. The molecule has 0 atom stereocenters. The van der Waals surface area contributed by atoms with Crippen molar-refractivity contribution in [3.8, 4) is 0 Å². The van der Waals surface area contributed by atoms with Crippen molar-refractivity contribution in [1.29, 1.82) is 0 Å². The summed E-state index contributed by atoms with van der Waals surface area (Å²) in [6.45, 7) is 0. The van der Waals surface area contributed by atoms with Crippen LogP contribution < -0.4 is 6.25 Å². The van der Waals surface area contributed by atoms with Gasteiger partial charge in [0.2, 0.25) is 0 Å². The van der Waals surface area contributed by atoms with Gasteiger partial charge in [0.25, 0.3) is 0 Å². The molecule has 0 bridgehead atoms. The van der Waals surface area contributed by atoms with Crippen molar-refractivity contribution >= 4 is 30.5 Å². The Kier molecular flexibility index (Phi) is 6.24. The van der Waals surface area contributed by atoms with E-state index < -0.39 is 88.7 Å². The number of benzene rings is 2. The van der Waals surface area contributed by atoms with Crippen LogP contribution >= 0.6 is 0 Å². The van der Waals surface area contributed by atoms with Crippen molar-refractivity contribution in [2.75, 3.05) is 0 Å². The van der Waals surface area contributed by atoms with E-state index in [0.717, 1.165) is 0 Å². The molecular formula is C12H2F10OTl. The minimum absolute atomic E-state index is 0. The summed E-state index contributed by atoms with van der Waals surface area (Å²) in [5.74, 6) is -23.8. The first-order valence-electron chi connectivity index (χ1n) is 5.47. The normalized spacial score (nSPS) is 10.4. The Balaban J connectivity index is 0.00000288. The van der Waals surface area contributed by atoms with Crippen molar-refractivity contribution in [1.82, 2.24) is 0 Å². The quantitative estimate of drug-likeness (QED) is 0.235. The van der Waals surface area contributed by atoms with Crippen LogP contribution in [0.25, 0.3) is 0 Å². The third-order valence-corrected chi connectivity index (χ3v) is 8.96. The van der Waals surface area contributed by atoms with Gasteiger partial charge in [-0.2, -0.15) is 0 Å². The molecule has 0 fully saturated rings. The Morgan fingerprint density at radius 2 is 0.500 bits per heavy atom. The van der Waals surface area contributed by atoms with E-state index in [9.17, 15) is 43.9 Å². The summed E-state index contributed by atoms with van der Waals surface area (Å²) in [6, 6.07) is 0. The molecule has 2 aromatic carbocycles. The molecule has 24 heavy (non-hydrogen) atoms. The average molecular weight is 557 g/mol. The van der Waals surface area contributed by atoms with Gasteiger partial charge in [-0.25, -0.2) is 0 Å². The molecule has 0 heterocycles. The summed E-state index contributed by atoms with van der Waals surface area (Å²) in [6.07, 6.45) is 0. The Morgan fingerprint density at radius 1 is 0.333 bits per heavy atom. The summed E-state index contributed by atoms with van der Waals surface area (Å²) in [5.41, 5.74) is 0. The maximum absolute atomic E-state index is 13.5. The van der Waals surface area contributed by atoms with Gasteiger partial charge in [0.05, 0.1) is 0 Å². The fraction of sp³-hybridized carbons (Fsp3) is 0. The molecule has 129 valence electrons. The molecule has 0 aliphatic carbocycles. The second kappa shape index (κ2) is 7.25. The smallest absolute Gasteiger partial charge is 0.412 e. The molecule has 2 N–H and O–H groups in total. The molecule has 1 nitrogen and oxygen atoms in total. The van der Waals surface area contributed by atoms with Gasteiger partial charge in [0.15, 0.2) is 0 Å². The number of hydrogen-bond donors (Lipinski definition) is 0. The SMILES string of the molecule is Fc1c(F)c(F)[c]([Tl][c]2c(F)c(F)c(F)c(F)c2F)c(F)c1F.O. The van der Waals surface area contributed by atoms with Crippen LogP contribution in [0.1, 0.15) is 0 Å². The zero-order chi connectivity index (χ0) is 17.6. The molecule has 0 spiro atoms. The first-order valence-corrected chi connectivity index (χ1v) is 9.96. The summed E-state index contributed by atoms with van der Waals surface area (Å²) in [5, 5.41) is 0. The zero-order valence-electron chi connectivity index (χ0n) is 10.9. The van der Waals surface area contributed by atoms with E-state index in [1.165, 1.54) is 0 Å². The third-order valence-electron chi connectivity index (χ3n) is 2.78. The van der Waals surface area contributed by atoms with Gasteiger partial charge >= 0.3 is 133 Å². The fourth-order valence-electron chi connectivity index (χ4n) is 1.64. The van der Waals surface area contributed by atoms with E-state index in [-0.39, 0.29) is 5.48 Å². The van der Waals surface area contributed by atoms with Gasteiger partial charge in [0.1, 0.15) is 0 Å². The summed E-state index contributed by atoms with van der Waals surface area (Å²) in [4.78, 5) is 0. The summed E-state index contributed by atoms with van der Waals surface area (Å²) in [7, 11) is 0. The Labute approximate surface area is 138 Å². The van der Waals surface area contributed by atoms with Crippen molar-refractivity contribution in [2.45, 2.75) is 0 Å². The molecule has 12 heteroatoms. The van der Waals surface area contributed by atoms with Crippen LogP contribution in [-0.4, -0.2) is 29.7 Å². The molecule has 0 radical (unpaired) electrons. The van der Waals surface area contributed by atoms with Gasteiger partial charge < -0.3 is 5.48 Å². The Morgan fingerprint density at radius 3 is 0.708 bits per heavy atom. The van der Waals surface area contributed by atoms with Crippen molar-refractivity contribution < 1.29 is 49.4 Å². The molecule has 2 rings (SSSR count). The van der Waals surface area contributed by atoms with Crippen molar-refractivity contribution in [3.63, 3.8) is 0 Å². The van der Waals surface area contributed by atoms with Crippen LogP contribution in [0.2, 0.25) is 0 Å². The van der Waals surface area contributed by atoms with E-state index in [1.807, 2.05) is 0 Å². The first-order chi connectivity index (χ1) is 10.6. The topological polar surface area (TPSA) is 31.5 Å². The Hall–Kier alpha value is -1.38. The molecular weight excluding hydrogens is 554 g/mol. The van der Waals surface area contributed by atoms with Crippen LogP contribution in [0.3, 0.4) is 0 Å². The maximum atomic E-state index is 13.5.